The van der Waals surface area contributed by atoms with E-state index >= 15 is 0 Å². The van der Waals surface area contributed by atoms with Crippen molar-refractivity contribution in [1.82, 2.24) is 5.32 Å². The van der Waals surface area contributed by atoms with Crippen LogP contribution in [0.3, 0.4) is 0 Å². The van der Waals surface area contributed by atoms with Crippen LogP contribution in [0.1, 0.15) is 27.2 Å². The summed E-state index contributed by atoms with van der Waals surface area (Å²) in [4.78, 5) is 22.6. The van der Waals surface area contributed by atoms with Gasteiger partial charge in [0.2, 0.25) is 5.91 Å². The average molecular weight is 216 g/mol. The van der Waals surface area contributed by atoms with Crippen molar-refractivity contribution in [3.05, 3.63) is 0 Å². The molecule has 15 heavy (non-hydrogen) atoms. The molecule has 0 rings (SSSR count). The second kappa shape index (κ2) is 6.40. The minimum Gasteiger partial charge on any atom is -0.467 e. The fourth-order valence-electron chi connectivity index (χ4n) is 1.06. The Bertz CT molecular complexity index is 231. The van der Waals surface area contributed by atoms with Crippen molar-refractivity contribution in [3.63, 3.8) is 0 Å². The maximum absolute atomic E-state index is 11.5. The zero-order chi connectivity index (χ0) is 12.0. The number of methoxy groups -OCH3 is 1. The van der Waals surface area contributed by atoms with Gasteiger partial charge in [-0.05, 0) is 12.8 Å². The Morgan fingerprint density at radius 3 is 2.33 bits per heavy atom. The number of nitrogens with one attached hydrogen (secondary N) is 1. The van der Waals surface area contributed by atoms with Crippen molar-refractivity contribution in [2.24, 2.45) is 11.7 Å². The fourth-order valence-corrected chi connectivity index (χ4v) is 1.06. The van der Waals surface area contributed by atoms with Gasteiger partial charge in [-0.15, -0.1) is 0 Å². The van der Waals surface area contributed by atoms with Crippen LogP contribution in [0.2, 0.25) is 0 Å². The van der Waals surface area contributed by atoms with E-state index in [2.05, 4.69) is 10.1 Å². The molecule has 88 valence electrons. The van der Waals surface area contributed by atoms with Crippen LogP contribution in [0, 0.1) is 5.92 Å². The third-order valence-electron chi connectivity index (χ3n) is 2.47. The Morgan fingerprint density at radius 2 is 1.93 bits per heavy atom. The summed E-state index contributed by atoms with van der Waals surface area (Å²) < 4.78 is 4.48. The van der Waals surface area contributed by atoms with Gasteiger partial charge >= 0.3 is 5.97 Å². The highest BCUT2D eigenvalue weighted by molar-refractivity contribution is 5.87. The number of ether oxygens (including phenoxy) is 1. The minimum atomic E-state index is -0.655. The van der Waals surface area contributed by atoms with Gasteiger partial charge in [-0.1, -0.05) is 20.3 Å². The Hall–Kier alpha value is -1.10. The van der Waals surface area contributed by atoms with Gasteiger partial charge < -0.3 is 15.8 Å². The lowest BCUT2D eigenvalue weighted by molar-refractivity contribution is -0.144. The summed E-state index contributed by atoms with van der Waals surface area (Å²) in [7, 11) is 1.28. The Balaban J connectivity index is 4.18. The molecular weight excluding hydrogens is 196 g/mol. The molecule has 0 aromatic carbocycles. The van der Waals surface area contributed by atoms with E-state index < -0.39 is 18.1 Å². The van der Waals surface area contributed by atoms with Gasteiger partial charge in [0.15, 0.2) is 0 Å². The number of rotatable bonds is 5. The molecule has 0 saturated heterocycles. The van der Waals surface area contributed by atoms with Crippen LogP contribution in [-0.4, -0.2) is 31.1 Å². The van der Waals surface area contributed by atoms with Crippen LogP contribution in [0.15, 0.2) is 0 Å². The quantitative estimate of drug-likeness (QED) is 0.636. The number of amides is 1. The van der Waals surface area contributed by atoms with Crippen LogP contribution < -0.4 is 11.1 Å². The van der Waals surface area contributed by atoms with Gasteiger partial charge in [-0.25, -0.2) is 4.79 Å². The van der Waals surface area contributed by atoms with Gasteiger partial charge in [0.05, 0.1) is 13.2 Å². The van der Waals surface area contributed by atoms with Gasteiger partial charge in [-0.3, -0.25) is 4.79 Å². The van der Waals surface area contributed by atoms with E-state index in [1.807, 2.05) is 13.8 Å². The average Bonchev–Trinajstić information content (AvgIpc) is 2.25. The van der Waals surface area contributed by atoms with Crippen LogP contribution in [0.4, 0.5) is 0 Å². The molecule has 1 unspecified atom stereocenters. The summed E-state index contributed by atoms with van der Waals surface area (Å²) in [6, 6.07) is -1.24. The molecule has 0 aliphatic rings. The molecule has 5 heteroatoms. The van der Waals surface area contributed by atoms with Crippen LogP contribution in [0.25, 0.3) is 0 Å². The van der Waals surface area contributed by atoms with Crippen molar-refractivity contribution in [3.8, 4) is 0 Å². The van der Waals surface area contributed by atoms with E-state index in [1.54, 1.807) is 6.92 Å². The number of carbonyl (C=O) groups is 2. The predicted molar refractivity (Wildman–Crippen MR) is 57.1 cm³/mol. The number of carbonyl (C=O) groups excluding carboxylic acids is 2. The van der Waals surface area contributed by atoms with E-state index in [0.29, 0.717) is 0 Å². The van der Waals surface area contributed by atoms with Gasteiger partial charge in [0.25, 0.3) is 0 Å². The minimum absolute atomic E-state index is 0.0925. The van der Waals surface area contributed by atoms with E-state index in [9.17, 15) is 9.59 Å². The topological polar surface area (TPSA) is 81.4 Å². The Morgan fingerprint density at radius 1 is 1.40 bits per heavy atom. The zero-order valence-electron chi connectivity index (χ0n) is 9.74. The second-order valence-corrected chi connectivity index (χ2v) is 3.66. The molecule has 5 nitrogen and oxygen atoms in total. The Labute approximate surface area is 90.4 Å². The molecule has 0 aliphatic carbocycles. The monoisotopic (exact) mass is 216 g/mol. The van der Waals surface area contributed by atoms with E-state index in [-0.39, 0.29) is 11.8 Å². The van der Waals surface area contributed by atoms with E-state index in [0.717, 1.165) is 6.42 Å². The van der Waals surface area contributed by atoms with Crippen LogP contribution in [-0.2, 0) is 14.3 Å². The highest BCUT2D eigenvalue weighted by atomic mass is 16.5. The normalized spacial score (nSPS) is 16.3. The first-order valence-corrected chi connectivity index (χ1v) is 5.07. The molecule has 0 radical (unpaired) electrons. The van der Waals surface area contributed by atoms with Crippen molar-refractivity contribution in [2.45, 2.75) is 39.3 Å². The molecule has 3 N–H and O–H groups in total. The molecule has 0 bridgehead atoms. The third kappa shape index (κ3) is 4.29. The van der Waals surface area contributed by atoms with Gasteiger partial charge in [-0.2, -0.15) is 0 Å². The summed E-state index contributed by atoms with van der Waals surface area (Å²) in [6.07, 6.45) is 0.821. The molecule has 1 amide bonds. The molecule has 0 saturated carbocycles. The van der Waals surface area contributed by atoms with Gasteiger partial charge in [0, 0.05) is 0 Å². The van der Waals surface area contributed by atoms with Crippen LogP contribution in [0.5, 0.6) is 0 Å². The van der Waals surface area contributed by atoms with Crippen molar-refractivity contribution >= 4 is 11.9 Å². The highest BCUT2D eigenvalue weighted by Gasteiger charge is 2.23. The smallest absolute Gasteiger partial charge is 0.328 e. The summed E-state index contributed by atoms with van der Waals surface area (Å²) in [6.45, 7) is 5.42. The van der Waals surface area contributed by atoms with Gasteiger partial charge in [0.1, 0.15) is 6.04 Å². The van der Waals surface area contributed by atoms with Crippen LogP contribution >= 0.6 is 0 Å². The molecular formula is C10H20N2O3. The molecule has 3 atom stereocenters. The van der Waals surface area contributed by atoms with Crippen molar-refractivity contribution in [2.75, 3.05) is 7.11 Å². The van der Waals surface area contributed by atoms with Crippen molar-refractivity contribution in [1.29, 1.82) is 0 Å². The molecule has 0 heterocycles. The Kier molecular flexibility index (Phi) is 5.93. The molecule has 0 fully saturated rings. The highest BCUT2D eigenvalue weighted by Crippen LogP contribution is 2.05. The fraction of sp³-hybridized carbons (Fsp3) is 0.800. The molecule has 0 spiro atoms. The summed E-state index contributed by atoms with van der Waals surface area (Å²) >= 11 is 0. The lowest BCUT2D eigenvalue weighted by Gasteiger charge is -2.19. The van der Waals surface area contributed by atoms with E-state index in [1.165, 1.54) is 7.11 Å². The lowest BCUT2D eigenvalue weighted by Crippen LogP contribution is -2.49. The van der Waals surface area contributed by atoms with E-state index in [4.69, 9.17) is 5.73 Å². The first-order chi connectivity index (χ1) is 6.93. The zero-order valence-corrected chi connectivity index (χ0v) is 9.74. The summed E-state index contributed by atoms with van der Waals surface area (Å²) in [5.74, 6) is -0.697. The molecule has 0 aromatic heterocycles. The third-order valence-corrected chi connectivity index (χ3v) is 2.47. The largest absolute Gasteiger partial charge is 0.467 e. The standard InChI is InChI=1S/C10H20N2O3/c1-5-6(2)8(11)9(13)12-7(3)10(14)15-4/h6-8H,5,11H2,1-4H3,(H,12,13)/t6?,7-,8-/m0/s1. The SMILES string of the molecule is CCC(C)[C@H](N)C(=O)N[C@@H](C)C(=O)OC. The summed E-state index contributed by atoms with van der Waals surface area (Å²) in [5.41, 5.74) is 5.70. The van der Waals surface area contributed by atoms with Crippen molar-refractivity contribution < 1.29 is 14.3 Å². The summed E-state index contributed by atoms with van der Waals surface area (Å²) in [5, 5.41) is 2.51. The lowest BCUT2D eigenvalue weighted by atomic mass is 9.99. The second-order valence-electron chi connectivity index (χ2n) is 3.66. The maximum Gasteiger partial charge on any atom is 0.328 e. The number of nitrogens with two attached hydrogens (primary N) is 1. The molecule has 0 aliphatic heterocycles. The maximum atomic E-state index is 11.5. The number of hydrogen-bond acceptors (Lipinski definition) is 4. The number of hydrogen-bond donors (Lipinski definition) is 2. The first-order valence-electron chi connectivity index (χ1n) is 5.07. The predicted octanol–water partition coefficient (Wildman–Crippen LogP) is 0.0375. The molecule has 0 aromatic rings. The number of esters is 1. The first kappa shape index (κ1) is 13.9.